The first-order chi connectivity index (χ1) is 14.2. The van der Waals surface area contributed by atoms with Crippen molar-refractivity contribution in [1.82, 2.24) is 0 Å². The number of benzene rings is 3. The molecule has 2 N–H and O–H groups in total. The van der Waals surface area contributed by atoms with Crippen LogP contribution < -0.4 is 14.8 Å². The summed E-state index contributed by atoms with van der Waals surface area (Å²) in [6.07, 6.45) is 0. The number of rotatable bonds is 7. The van der Waals surface area contributed by atoms with Crippen LogP contribution in [-0.4, -0.2) is 20.9 Å². The van der Waals surface area contributed by atoms with Gasteiger partial charge in [0.05, 0.1) is 9.92 Å². The highest BCUT2D eigenvalue weighted by molar-refractivity contribution is 7.92. The van der Waals surface area contributed by atoms with Crippen molar-refractivity contribution in [3.63, 3.8) is 0 Å². The summed E-state index contributed by atoms with van der Waals surface area (Å²) in [5.41, 5.74) is 1.82. The predicted molar refractivity (Wildman–Crippen MR) is 119 cm³/mol. The van der Waals surface area contributed by atoms with E-state index in [-0.39, 0.29) is 11.5 Å². The molecule has 3 rings (SSSR count). The lowest BCUT2D eigenvalue weighted by Gasteiger charge is -2.11. The van der Waals surface area contributed by atoms with Crippen LogP contribution in [0, 0.1) is 6.92 Å². The fourth-order valence-corrected chi connectivity index (χ4v) is 3.87. The molecule has 0 aliphatic carbocycles. The molecule has 3 aromatic rings. The molecule has 0 aromatic heterocycles. The number of ether oxygens (including phenoxy) is 1. The van der Waals surface area contributed by atoms with Crippen LogP contribution in [0.4, 0.5) is 11.4 Å². The van der Waals surface area contributed by atoms with E-state index in [2.05, 4.69) is 10.0 Å². The average molecular weight is 465 g/mol. The first-order valence-corrected chi connectivity index (χ1v) is 11.0. The van der Waals surface area contributed by atoms with E-state index in [1.54, 1.807) is 60.7 Å². The number of sulfonamides is 1. The molecule has 0 bridgehead atoms. The van der Waals surface area contributed by atoms with Gasteiger partial charge in [-0.1, -0.05) is 40.9 Å². The first kappa shape index (κ1) is 22.0. The third-order valence-corrected chi connectivity index (χ3v) is 5.95. The predicted octanol–water partition coefficient (Wildman–Crippen LogP) is 5.12. The number of hydrogen-bond donors (Lipinski definition) is 2. The van der Waals surface area contributed by atoms with Crippen LogP contribution in [0.5, 0.6) is 5.75 Å². The Hall–Kier alpha value is -2.74. The molecule has 0 radical (unpaired) electrons. The minimum atomic E-state index is -3.69. The molecule has 0 unspecified atom stereocenters. The van der Waals surface area contributed by atoms with Gasteiger partial charge in [-0.25, -0.2) is 8.42 Å². The smallest absolute Gasteiger partial charge is 0.262 e. The van der Waals surface area contributed by atoms with Gasteiger partial charge in [-0.15, -0.1) is 0 Å². The van der Waals surface area contributed by atoms with Gasteiger partial charge in [0.25, 0.3) is 15.9 Å². The SMILES string of the molecule is Cc1ccc(S(=O)(=O)Nc2ccc(NC(=O)COc3cc(Cl)ccc3Cl)cc2)cc1. The second kappa shape index (κ2) is 9.38. The molecule has 0 aliphatic rings. The topological polar surface area (TPSA) is 84.5 Å². The molecule has 30 heavy (non-hydrogen) atoms. The van der Waals surface area contributed by atoms with Gasteiger partial charge in [-0.3, -0.25) is 9.52 Å². The quantitative estimate of drug-likeness (QED) is 0.507. The Morgan fingerprint density at radius 2 is 1.57 bits per heavy atom. The van der Waals surface area contributed by atoms with Crippen LogP contribution in [0.2, 0.25) is 10.0 Å². The molecule has 6 nitrogen and oxygen atoms in total. The number of anilines is 2. The summed E-state index contributed by atoms with van der Waals surface area (Å²) in [5, 5.41) is 3.44. The van der Waals surface area contributed by atoms with E-state index in [4.69, 9.17) is 27.9 Å². The average Bonchev–Trinajstić information content (AvgIpc) is 2.70. The molecule has 156 valence electrons. The molecule has 0 atom stereocenters. The molecular weight excluding hydrogens is 447 g/mol. The Labute approximate surface area is 184 Å². The monoisotopic (exact) mass is 464 g/mol. The van der Waals surface area contributed by atoms with Gasteiger partial charge in [0.1, 0.15) is 5.75 Å². The van der Waals surface area contributed by atoms with Crippen LogP contribution in [0.25, 0.3) is 0 Å². The molecule has 0 saturated carbocycles. The normalized spacial score (nSPS) is 11.0. The minimum Gasteiger partial charge on any atom is -0.482 e. The van der Waals surface area contributed by atoms with Crippen LogP contribution in [0.15, 0.2) is 71.6 Å². The summed E-state index contributed by atoms with van der Waals surface area (Å²) in [4.78, 5) is 12.3. The lowest BCUT2D eigenvalue weighted by Crippen LogP contribution is -2.20. The van der Waals surface area contributed by atoms with Gasteiger partial charge in [-0.05, 0) is 55.5 Å². The number of carbonyl (C=O) groups is 1. The number of amides is 1. The molecule has 0 spiro atoms. The summed E-state index contributed by atoms with van der Waals surface area (Å²) < 4.78 is 32.7. The molecule has 0 heterocycles. The van der Waals surface area contributed by atoms with Gasteiger partial charge < -0.3 is 10.1 Å². The lowest BCUT2D eigenvalue weighted by atomic mass is 10.2. The first-order valence-electron chi connectivity index (χ1n) is 8.80. The van der Waals surface area contributed by atoms with Crippen LogP contribution >= 0.6 is 23.2 Å². The summed E-state index contributed by atoms with van der Waals surface area (Å²) in [6, 6.07) is 17.5. The van der Waals surface area contributed by atoms with Crippen molar-refractivity contribution >= 4 is 50.5 Å². The second-order valence-corrected chi connectivity index (χ2v) is 8.93. The van der Waals surface area contributed by atoms with Gasteiger partial charge >= 0.3 is 0 Å². The number of nitrogens with one attached hydrogen (secondary N) is 2. The summed E-state index contributed by atoms with van der Waals surface area (Å²) in [7, 11) is -3.69. The highest BCUT2D eigenvalue weighted by Crippen LogP contribution is 2.27. The Balaban J connectivity index is 1.58. The van der Waals surface area contributed by atoms with Crippen molar-refractivity contribution in [1.29, 1.82) is 0 Å². The van der Waals surface area contributed by atoms with Gasteiger partial charge in [0.15, 0.2) is 6.61 Å². The standard InChI is InChI=1S/C21H18Cl2N2O4S/c1-14-2-9-18(10-3-14)30(27,28)25-17-7-5-16(6-8-17)24-21(26)13-29-20-12-15(22)4-11-19(20)23/h2-12,25H,13H2,1H3,(H,24,26). The number of hydrogen-bond acceptors (Lipinski definition) is 4. The molecule has 0 aliphatic heterocycles. The molecule has 3 aromatic carbocycles. The zero-order valence-electron chi connectivity index (χ0n) is 15.9. The second-order valence-electron chi connectivity index (χ2n) is 6.41. The molecule has 0 saturated heterocycles. The van der Waals surface area contributed by atoms with Crippen LogP contribution in [0.1, 0.15) is 5.56 Å². The van der Waals surface area contributed by atoms with Gasteiger partial charge in [0, 0.05) is 22.5 Å². The van der Waals surface area contributed by atoms with E-state index in [0.29, 0.717) is 27.2 Å². The van der Waals surface area contributed by atoms with E-state index in [9.17, 15) is 13.2 Å². The zero-order valence-corrected chi connectivity index (χ0v) is 18.2. The van der Waals surface area contributed by atoms with E-state index in [1.165, 1.54) is 6.07 Å². The third kappa shape index (κ3) is 5.89. The fourth-order valence-electron chi connectivity index (χ4n) is 2.48. The Morgan fingerprint density at radius 3 is 2.23 bits per heavy atom. The lowest BCUT2D eigenvalue weighted by molar-refractivity contribution is -0.118. The van der Waals surface area contributed by atoms with Gasteiger partial charge in [-0.2, -0.15) is 0 Å². The van der Waals surface area contributed by atoms with Crippen LogP contribution in [-0.2, 0) is 14.8 Å². The minimum absolute atomic E-state index is 0.169. The van der Waals surface area contributed by atoms with Crippen molar-refractivity contribution in [2.45, 2.75) is 11.8 Å². The maximum absolute atomic E-state index is 12.4. The van der Waals surface area contributed by atoms with Crippen molar-refractivity contribution in [2.75, 3.05) is 16.6 Å². The molecule has 1 amide bonds. The summed E-state index contributed by atoms with van der Waals surface area (Å²) >= 11 is 11.9. The van der Waals surface area contributed by atoms with Crippen molar-refractivity contribution in [3.05, 3.63) is 82.3 Å². The summed E-state index contributed by atoms with van der Waals surface area (Å²) in [5.74, 6) is -0.0980. The highest BCUT2D eigenvalue weighted by Gasteiger charge is 2.14. The Morgan fingerprint density at radius 1 is 0.933 bits per heavy atom. The number of aryl methyl sites for hydroxylation is 1. The largest absolute Gasteiger partial charge is 0.482 e. The molecular formula is C21H18Cl2N2O4S. The van der Waals surface area contributed by atoms with Crippen molar-refractivity contribution in [2.24, 2.45) is 0 Å². The van der Waals surface area contributed by atoms with E-state index in [1.807, 2.05) is 6.92 Å². The van der Waals surface area contributed by atoms with E-state index in [0.717, 1.165) is 5.56 Å². The third-order valence-electron chi connectivity index (χ3n) is 4.00. The zero-order chi connectivity index (χ0) is 21.7. The number of carbonyl (C=O) groups excluding carboxylic acids is 1. The summed E-state index contributed by atoms with van der Waals surface area (Å²) in [6.45, 7) is 1.62. The molecule has 9 heteroatoms. The van der Waals surface area contributed by atoms with Crippen molar-refractivity contribution in [3.8, 4) is 5.75 Å². The van der Waals surface area contributed by atoms with Gasteiger partial charge in [0.2, 0.25) is 0 Å². The fraction of sp³-hybridized carbons (Fsp3) is 0.0952. The highest BCUT2D eigenvalue weighted by atomic mass is 35.5. The van der Waals surface area contributed by atoms with Crippen LogP contribution in [0.3, 0.4) is 0 Å². The maximum atomic E-state index is 12.4. The van der Waals surface area contributed by atoms with E-state index >= 15 is 0 Å². The Bertz CT molecular complexity index is 1150. The maximum Gasteiger partial charge on any atom is 0.262 e. The number of halogens is 2. The molecule has 0 fully saturated rings. The van der Waals surface area contributed by atoms with Crippen molar-refractivity contribution < 1.29 is 17.9 Å². The van der Waals surface area contributed by atoms with E-state index < -0.39 is 15.9 Å². The Kier molecular flexibility index (Phi) is 6.87.